The van der Waals surface area contributed by atoms with Crippen molar-refractivity contribution < 1.29 is 0 Å². The maximum absolute atomic E-state index is 12.1. The van der Waals surface area contributed by atoms with Gasteiger partial charge in [0, 0.05) is 19.6 Å². The molecule has 0 aliphatic rings. The van der Waals surface area contributed by atoms with Gasteiger partial charge >= 0.3 is 5.69 Å². The Labute approximate surface area is 141 Å². The smallest absolute Gasteiger partial charge is 0.332 e. The van der Waals surface area contributed by atoms with Crippen molar-refractivity contribution in [2.45, 2.75) is 32.2 Å². The van der Waals surface area contributed by atoms with Crippen LogP contribution in [0.4, 0.5) is 5.82 Å². The van der Waals surface area contributed by atoms with Crippen molar-refractivity contribution in [3.63, 3.8) is 0 Å². The largest absolute Gasteiger partial charge is 0.365 e. The SMILES string of the molecule is Cn1c(NC(C)(C)CCc2ccccc2)c(C#N)c(=O)n(C)c1=O. The summed E-state index contributed by atoms with van der Waals surface area (Å²) >= 11 is 0. The van der Waals surface area contributed by atoms with E-state index in [1.165, 1.54) is 17.2 Å². The molecule has 126 valence electrons. The van der Waals surface area contributed by atoms with Gasteiger partial charge in [-0.25, -0.2) is 4.79 Å². The molecule has 0 unspecified atom stereocenters. The fraction of sp³-hybridized carbons (Fsp3) is 0.389. The predicted octanol–water partition coefficient (Wildman–Crippen LogP) is 1.78. The van der Waals surface area contributed by atoms with E-state index in [2.05, 4.69) is 17.4 Å². The summed E-state index contributed by atoms with van der Waals surface area (Å²) in [4.78, 5) is 24.3. The normalized spacial score (nSPS) is 11.1. The van der Waals surface area contributed by atoms with Crippen LogP contribution in [0.15, 0.2) is 39.9 Å². The first-order valence-corrected chi connectivity index (χ1v) is 7.79. The van der Waals surface area contributed by atoms with Crippen LogP contribution in [-0.4, -0.2) is 14.7 Å². The minimum absolute atomic E-state index is 0.0487. The Kier molecular flexibility index (Phi) is 4.93. The molecule has 1 N–H and O–H groups in total. The second-order valence-electron chi connectivity index (χ2n) is 6.54. The lowest BCUT2D eigenvalue weighted by molar-refractivity contribution is 0.509. The molecular weight excluding hydrogens is 304 g/mol. The van der Waals surface area contributed by atoms with E-state index in [1.54, 1.807) is 7.05 Å². The van der Waals surface area contributed by atoms with Crippen molar-refractivity contribution >= 4 is 5.82 Å². The van der Waals surface area contributed by atoms with E-state index in [1.807, 2.05) is 38.1 Å². The molecule has 1 aromatic carbocycles. The molecule has 0 aliphatic heterocycles. The second kappa shape index (κ2) is 6.75. The molecule has 0 spiro atoms. The van der Waals surface area contributed by atoms with Gasteiger partial charge in [0.2, 0.25) is 0 Å². The summed E-state index contributed by atoms with van der Waals surface area (Å²) in [6, 6.07) is 12.0. The maximum Gasteiger partial charge on any atom is 0.332 e. The summed E-state index contributed by atoms with van der Waals surface area (Å²) in [6.45, 7) is 3.97. The van der Waals surface area contributed by atoms with Gasteiger partial charge in [0.05, 0.1) is 0 Å². The summed E-state index contributed by atoms with van der Waals surface area (Å²) < 4.78 is 2.25. The molecule has 0 amide bonds. The predicted molar refractivity (Wildman–Crippen MR) is 94.1 cm³/mol. The molecule has 6 nitrogen and oxygen atoms in total. The Morgan fingerprint density at radius 3 is 2.33 bits per heavy atom. The third-order valence-electron chi connectivity index (χ3n) is 4.11. The van der Waals surface area contributed by atoms with E-state index in [-0.39, 0.29) is 11.4 Å². The van der Waals surface area contributed by atoms with Gasteiger partial charge in [-0.2, -0.15) is 5.26 Å². The number of aromatic nitrogens is 2. The lowest BCUT2D eigenvalue weighted by Crippen LogP contribution is -2.43. The highest BCUT2D eigenvalue weighted by Gasteiger charge is 2.23. The Balaban J connectivity index is 2.31. The van der Waals surface area contributed by atoms with Crippen LogP contribution in [0, 0.1) is 11.3 Å². The average Bonchev–Trinajstić information content (AvgIpc) is 2.57. The van der Waals surface area contributed by atoms with E-state index in [4.69, 9.17) is 0 Å². The van der Waals surface area contributed by atoms with Crippen molar-refractivity contribution in [2.75, 3.05) is 5.32 Å². The highest BCUT2D eigenvalue weighted by molar-refractivity contribution is 5.52. The molecule has 0 atom stereocenters. The molecule has 1 aromatic heterocycles. The summed E-state index contributed by atoms with van der Waals surface area (Å²) in [7, 11) is 2.92. The zero-order valence-corrected chi connectivity index (χ0v) is 14.5. The van der Waals surface area contributed by atoms with E-state index >= 15 is 0 Å². The van der Waals surface area contributed by atoms with E-state index in [0.29, 0.717) is 0 Å². The molecular formula is C18H22N4O2. The molecule has 0 aliphatic carbocycles. The first-order chi connectivity index (χ1) is 11.3. The standard InChI is InChI=1S/C18H22N4O2/c1-18(2,11-10-13-8-6-5-7-9-13)20-15-14(12-19)16(23)22(4)17(24)21(15)3/h5-9,20H,10-11H2,1-4H3. The number of hydrogen-bond donors (Lipinski definition) is 1. The molecule has 24 heavy (non-hydrogen) atoms. The molecule has 2 rings (SSSR count). The van der Waals surface area contributed by atoms with Crippen molar-refractivity contribution in [1.29, 1.82) is 5.26 Å². The van der Waals surface area contributed by atoms with Gasteiger partial charge in [-0.05, 0) is 32.3 Å². The maximum atomic E-state index is 12.1. The minimum Gasteiger partial charge on any atom is -0.365 e. The average molecular weight is 326 g/mol. The highest BCUT2D eigenvalue weighted by Crippen LogP contribution is 2.20. The van der Waals surface area contributed by atoms with Crippen molar-refractivity contribution in [3.8, 4) is 6.07 Å². The lowest BCUT2D eigenvalue weighted by Gasteiger charge is -2.29. The number of aryl methyl sites for hydroxylation is 1. The van der Waals surface area contributed by atoms with Crippen molar-refractivity contribution in [3.05, 3.63) is 62.3 Å². The summed E-state index contributed by atoms with van der Waals surface area (Å²) in [5, 5.41) is 12.5. The van der Waals surface area contributed by atoms with Gasteiger partial charge in [-0.15, -0.1) is 0 Å². The quantitative estimate of drug-likeness (QED) is 0.908. The summed E-state index contributed by atoms with van der Waals surface area (Å²) in [5.74, 6) is 0.267. The van der Waals surface area contributed by atoms with E-state index in [9.17, 15) is 14.9 Å². The Hall–Kier alpha value is -2.81. The summed E-state index contributed by atoms with van der Waals surface area (Å²) in [5.41, 5.74) is -0.265. The van der Waals surface area contributed by atoms with Gasteiger partial charge in [0.25, 0.3) is 5.56 Å². The Morgan fingerprint density at radius 2 is 1.75 bits per heavy atom. The van der Waals surface area contributed by atoms with Gasteiger partial charge in [0.15, 0.2) is 5.56 Å². The van der Waals surface area contributed by atoms with Crippen LogP contribution in [0.3, 0.4) is 0 Å². The number of hydrogen-bond acceptors (Lipinski definition) is 4. The number of nitriles is 1. The van der Waals surface area contributed by atoms with Crippen molar-refractivity contribution in [1.82, 2.24) is 9.13 Å². The van der Waals surface area contributed by atoms with Gasteiger partial charge in [0.1, 0.15) is 11.9 Å². The Bertz CT molecular complexity index is 886. The second-order valence-corrected chi connectivity index (χ2v) is 6.54. The molecule has 0 radical (unpaired) electrons. The fourth-order valence-electron chi connectivity index (χ4n) is 2.58. The first kappa shape index (κ1) is 17.5. The van der Waals surface area contributed by atoms with Crippen LogP contribution in [0.1, 0.15) is 31.4 Å². The molecule has 0 saturated heterocycles. The van der Waals surface area contributed by atoms with Crippen LogP contribution in [0.5, 0.6) is 0 Å². The Morgan fingerprint density at radius 1 is 1.12 bits per heavy atom. The molecule has 0 saturated carbocycles. The van der Waals surface area contributed by atoms with Crippen LogP contribution in [0.2, 0.25) is 0 Å². The third-order valence-corrected chi connectivity index (χ3v) is 4.11. The summed E-state index contributed by atoms with van der Waals surface area (Å²) in [6.07, 6.45) is 1.63. The number of nitrogens with zero attached hydrogens (tertiary/aromatic N) is 3. The zero-order valence-electron chi connectivity index (χ0n) is 14.5. The number of rotatable bonds is 5. The van der Waals surface area contributed by atoms with Gasteiger partial charge in [-0.1, -0.05) is 30.3 Å². The van der Waals surface area contributed by atoms with Crippen molar-refractivity contribution in [2.24, 2.45) is 14.1 Å². The topological polar surface area (TPSA) is 79.8 Å². The van der Waals surface area contributed by atoms with Crippen LogP contribution < -0.4 is 16.6 Å². The van der Waals surface area contributed by atoms with Gasteiger partial charge < -0.3 is 5.32 Å². The molecule has 2 aromatic rings. The van der Waals surface area contributed by atoms with Crippen LogP contribution in [-0.2, 0) is 20.5 Å². The number of anilines is 1. The lowest BCUT2D eigenvalue weighted by atomic mass is 9.95. The number of benzene rings is 1. The fourth-order valence-corrected chi connectivity index (χ4v) is 2.58. The van der Waals surface area contributed by atoms with Crippen LogP contribution >= 0.6 is 0 Å². The van der Waals surface area contributed by atoms with Crippen LogP contribution in [0.25, 0.3) is 0 Å². The third kappa shape index (κ3) is 3.57. The monoisotopic (exact) mass is 326 g/mol. The highest BCUT2D eigenvalue weighted by atomic mass is 16.2. The molecule has 6 heteroatoms. The molecule has 0 fully saturated rings. The van der Waals surface area contributed by atoms with E-state index in [0.717, 1.165) is 17.4 Å². The molecule has 1 heterocycles. The van der Waals surface area contributed by atoms with E-state index < -0.39 is 16.8 Å². The minimum atomic E-state index is -0.582. The zero-order chi connectivity index (χ0) is 17.9. The molecule has 0 bridgehead atoms. The number of nitrogens with one attached hydrogen (secondary N) is 1. The first-order valence-electron chi connectivity index (χ1n) is 7.79. The van der Waals surface area contributed by atoms with Gasteiger partial charge in [-0.3, -0.25) is 13.9 Å².